The van der Waals surface area contributed by atoms with Crippen molar-refractivity contribution in [2.75, 3.05) is 0 Å². The van der Waals surface area contributed by atoms with Crippen LogP contribution < -0.4 is 5.11 Å². The van der Waals surface area contributed by atoms with Gasteiger partial charge in [0.05, 0.1) is 0 Å². The summed E-state index contributed by atoms with van der Waals surface area (Å²) >= 11 is 2.04. The van der Waals surface area contributed by atoms with E-state index in [1.165, 1.54) is 0 Å². The first kappa shape index (κ1) is 7.94. The number of aliphatic carboxylic acids is 1. The van der Waals surface area contributed by atoms with Crippen molar-refractivity contribution in [2.45, 2.75) is 12.8 Å². The number of carboxylic acid groups (broad SMARTS) is 1. The number of carboxylic acids is 1. The van der Waals surface area contributed by atoms with Crippen molar-refractivity contribution in [3.05, 3.63) is 10.2 Å². The Labute approximate surface area is 61.7 Å². The summed E-state index contributed by atoms with van der Waals surface area (Å²) < 4.78 is 1.79. The number of hydrogen-bond donors (Lipinski definition) is 0. The highest BCUT2D eigenvalue weighted by Gasteiger charge is 1.79. The minimum absolute atomic E-state index is 0.125. The van der Waals surface area contributed by atoms with E-state index in [0.29, 0.717) is 6.42 Å². The number of hydrogen-bond acceptors (Lipinski definition) is 2. The number of allylic oxidation sites excluding steroid dienone is 1. The summed E-state index contributed by atoms with van der Waals surface area (Å²) in [6.07, 6.45) is 2.49. The third-order valence-electron chi connectivity index (χ3n) is 0.604. The van der Waals surface area contributed by atoms with Crippen LogP contribution in [0.25, 0.3) is 0 Å². The number of rotatable bonds is 3. The van der Waals surface area contributed by atoms with Crippen molar-refractivity contribution in [1.29, 1.82) is 0 Å². The molecule has 0 N–H and O–H groups in total. The van der Waals surface area contributed by atoms with Crippen LogP contribution in [0.1, 0.15) is 12.8 Å². The SMILES string of the molecule is O=C([O-])CC/C=C/I. The molecule has 0 saturated carbocycles. The minimum Gasteiger partial charge on any atom is -0.550 e. The molecule has 2 nitrogen and oxygen atoms in total. The third kappa shape index (κ3) is 5.94. The maximum atomic E-state index is 9.73. The van der Waals surface area contributed by atoms with Gasteiger partial charge in [-0.05, 0) is 16.9 Å². The van der Waals surface area contributed by atoms with Crippen LogP contribution in [0.2, 0.25) is 0 Å². The lowest BCUT2D eigenvalue weighted by Crippen LogP contribution is -2.21. The van der Waals surface area contributed by atoms with Crippen LogP contribution >= 0.6 is 22.6 Å². The van der Waals surface area contributed by atoms with Crippen LogP contribution in [0.3, 0.4) is 0 Å². The Kier molecular flexibility index (Phi) is 5.05. The van der Waals surface area contributed by atoms with Crippen LogP contribution in [-0.2, 0) is 4.79 Å². The van der Waals surface area contributed by atoms with E-state index in [2.05, 4.69) is 0 Å². The standard InChI is InChI=1S/C5H7IO2/c6-4-2-1-3-5(7)8/h2,4H,1,3H2,(H,7,8)/p-1/b4-2+. The van der Waals surface area contributed by atoms with E-state index in [1.54, 1.807) is 10.2 Å². The van der Waals surface area contributed by atoms with E-state index < -0.39 is 5.97 Å². The third-order valence-corrected chi connectivity index (χ3v) is 1.11. The molecule has 0 aliphatic carbocycles. The molecule has 0 fully saturated rings. The first-order chi connectivity index (χ1) is 3.77. The highest BCUT2D eigenvalue weighted by Crippen LogP contribution is 1.91. The Hall–Kier alpha value is -0.0600. The van der Waals surface area contributed by atoms with Gasteiger partial charge in [0.2, 0.25) is 0 Å². The molecule has 0 rings (SSSR count). The predicted octanol–water partition coefficient (Wildman–Crippen LogP) is 0.465. The summed E-state index contributed by atoms with van der Waals surface area (Å²) in [7, 11) is 0. The molecule has 0 aliphatic rings. The Bertz CT molecular complexity index is 98.6. The van der Waals surface area contributed by atoms with Crippen molar-refractivity contribution >= 4 is 28.6 Å². The lowest BCUT2D eigenvalue weighted by atomic mass is 10.3. The van der Waals surface area contributed by atoms with E-state index in [-0.39, 0.29) is 6.42 Å². The molecule has 8 heavy (non-hydrogen) atoms. The van der Waals surface area contributed by atoms with Crippen molar-refractivity contribution in [2.24, 2.45) is 0 Å². The summed E-state index contributed by atoms with van der Waals surface area (Å²) in [5.74, 6) is -0.987. The number of halogens is 1. The molecule has 46 valence electrons. The van der Waals surface area contributed by atoms with Gasteiger partial charge in [-0.2, -0.15) is 0 Å². The fraction of sp³-hybridized carbons (Fsp3) is 0.400. The predicted molar refractivity (Wildman–Crippen MR) is 37.4 cm³/mol. The second-order valence-electron chi connectivity index (χ2n) is 1.27. The molecule has 0 radical (unpaired) electrons. The number of carbonyl (C=O) groups excluding carboxylic acids is 1. The second-order valence-corrected chi connectivity index (χ2v) is 1.99. The lowest BCUT2D eigenvalue weighted by molar-refractivity contribution is -0.305. The zero-order valence-electron chi connectivity index (χ0n) is 4.26. The van der Waals surface area contributed by atoms with Crippen molar-refractivity contribution in [1.82, 2.24) is 0 Å². The van der Waals surface area contributed by atoms with E-state index in [9.17, 15) is 9.90 Å². The fourth-order valence-electron chi connectivity index (χ4n) is 0.264. The molecular formula is C5H6IO2-. The Morgan fingerprint density at radius 3 is 2.75 bits per heavy atom. The summed E-state index contributed by atoms with van der Waals surface area (Å²) in [6, 6.07) is 0. The van der Waals surface area contributed by atoms with Crippen LogP contribution in [-0.4, -0.2) is 5.97 Å². The smallest absolute Gasteiger partial charge is 0.0417 e. The van der Waals surface area contributed by atoms with E-state index in [4.69, 9.17) is 0 Å². The molecule has 0 spiro atoms. The molecule has 0 bridgehead atoms. The fourth-order valence-corrected chi connectivity index (χ4v) is 0.624. The average molecular weight is 225 g/mol. The molecular weight excluding hydrogens is 219 g/mol. The average Bonchev–Trinajstić information content (AvgIpc) is 1.66. The zero-order valence-corrected chi connectivity index (χ0v) is 6.42. The van der Waals surface area contributed by atoms with Gasteiger partial charge < -0.3 is 9.90 Å². The van der Waals surface area contributed by atoms with Gasteiger partial charge in [-0.25, -0.2) is 0 Å². The summed E-state index contributed by atoms with van der Waals surface area (Å²) in [6.45, 7) is 0. The Morgan fingerprint density at radius 1 is 1.75 bits per heavy atom. The largest absolute Gasteiger partial charge is 0.550 e. The molecule has 0 aromatic rings. The summed E-state index contributed by atoms with van der Waals surface area (Å²) in [5, 5.41) is 9.73. The molecule has 0 aliphatic heterocycles. The summed E-state index contributed by atoms with van der Waals surface area (Å²) in [5.41, 5.74) is 0. The maximum absolute atomic E-state index is 9.73. The van der Waals surface area contributed by atoms with E-state index in [0.717, 1.165) is 0 Å². The van der Waals surface area contributed by atoms with Gasteiger partial charge in [-0.15, -0.1) is 0 Å². The molecule has 0 saturated heterocycles. The van der Waals surface area contributed by atoms with Gasteiger partial charge in [0, 0.05) is 5.97 Å². The first-order valence-corrected chi connectivity index (χ1v) is 3.47. The second kappa shape index (κ2) is 5.08. The molecule has 0 atom stereocenters. The van der Waals surface area contributed by atoms with Crippen LogP contribution in [0, 0.1) is 0 Å². The Balaban J connectivity index is 3.05. The number of carbonyl (C=O) groups is 1. The summed E-state index contributed by atoms with van der Waals surface area (Å²) in [4.78, 5) is 9.73. The van der Waals surface area contributed by atoms with Gasteiger partial charge >= 0.3 is 0 Å². The quantitative estimate of drug-likeness (QED) is 0.654. The van der Waals surface area contributed by atoms with Crippen molar-refractivity contribution in [3.63, 3.8) is 0 Å². The molecule has 0 amide bonds. The molecule has 0 aromatic heterocycles. The van der Waals surface area contributed by atoms with Crippen LogP contribution in [0.4, 0.5) is 0 Å². The van der Waals surface area contributed by atoms with Crippen LogP contribution in [0.15, 0.2) is 10.2 Å². The first-order valence-electron chi connectivity index (χ1n) is 2.22. The Morgan fingerprint density at radius 2 is 2.38 bits per heavy atom. The molecule has 0 unspecified atom stereocenters. The minimum atomic E-state index is -0.987. The monoisotopic (exact) mass is 225 g/mol. The van der Waals surface area contributed by atoms with E-state index in [1.807, 2.05) is 22.6 Å². The maximum Gasteiger partial charge on any atom is 0.0417 e. The van der Waals surface area contributed by atoms with Crippen molar-refractivity contribution < 1.29 is 9.90 Å². The molecule has 3 heteroatoms. The molecule has 0 heterocycles. The normalized spacial score (nSPS) is 10.1. The topological polar surface area (TPSA) is 40.1 Å². The zero-order chi connectivity index (χ0) is 6.41. The highest BCUT2D eigenvalue weighted by atomic mass is 127. The van der Waals surface area contributed by atoms with Gasteiger partial charge in [0.25, 0.3) is 0 Å². The lowest BCUT2D eigenvalue weighted by Gasteiger charge is -1.93. The van der Waals surface area contributed by atoms with Gasteiger partial charge in [-0.3, -0.25) is 0 Å². The highest BCUT2D eigenvalue weighted by molar-refractivity contribution is 14.1. The van der Waals surface area contributed by atoms with Gasteiger partial charge in [0.1, 0.15) is 0 Å². The van der Waals surface area contributed by atoms with Crippen LogP contribution in [0.5, 0.6) is 0 Å². The molecule has 0 aromatic carbocycles. The van der Waals surface area contributed by atoms with Gasteiger partial charge in [0.15, 0.2) is 0 Å². The van der Waals surface area contributed by atoms with E-state index >= 15 is 0 Å². The van der Waals surface area contributed by atoms with Crippen molar-refractivity contribution in [3.8, 4) is 0 Å². The van der Waals surface area contributed by atoms with Gasteiger partial charge in [-0.1, -0.05) is 28.7 Å².